The van der Waals surface area contributed by atoms with Crippen LogP contribution in [0.2, 0.25) is 0 Å². The quantitative estimate of drug-likeness (QED) is 0.777. The van der Waals surface area contributed by atoms with Gasteiger partial charge in [-0.2, -0.15) is 0 Å². The average Bonchev–Trinajstić information content (AvgIpc) is 2.07. The van der Waals surface area contributed by atoms with Gasteiger partial charge in [0.1, 0.15) is 11.6 Å². The van der Waals surface area contributed by atoms with Crippen LogP contribution >= 0.6 is 0 Å². The molecule has 0 aliphatic carbocycles. The lowest BCUT2D eigenvalue weighted by Gasteiger charge is -2.11. The van der Waals surface area contributed by atoms with Crippen LogP contribution in [-0.2, 0) is 0 Å². The normalized spacial score (nSPS) is 13.4. The predicted molar refractivity (Wildman–Crippen MR) is 51.1 cm³/mol. The van der Waals surface area contributed by atoms with E-state index in [-0.39, 0.29) is 11.5 Å². The zero-order valence-corrected chi connectivity index (χ0v) is 8.51. The molecule has 1 atom stereocenters. The van der Waals surface area contributed by atoms with Crippen molar-refractivity contribution >= 4 is 0 Å². The molecule has 0 saturated heterocycles. The molecule has 0 aromatic heterocycles. The molecule has 0 amide bonds. The number of halogens is 2. The van der Waals surface area contributed by atoms with Crippen molar-refractivity contribution < 1.29 is 13.9 Å². The molecule has 78 valence electrons. The standard InChI is InChI=1S/C11H14F2O/c1-6(2)8-4-11(13)9(7(3)14)5-10(8)12/h4-7,14H,1-3H3. The maximum absolute atomic E-state index is 13.4. The molecule has 0 bridgehead atoms. The second kappa shape index (κ2) is 4.05. The molecule has 14 heavy (non-hydrogen) atoms. The van der Waals surface area contributed by atoms with E-state index in [0.717, 1.165) is 12.1 Å². The van der Waals surface area contributed by atoms with Crippen molar-refractivity contribution in [3.8, 4) is 0 Å². The first kappa shape index (κ1) is 11.1. The third kappa shape index (κ3) is 2.10. The SMILES string of the molecule is CC(C)c1cc(F)c(C(C)O)cc1F. The maximum Gasteiger partial charge on any atom is 0.129 e. The van der Waals surface area contributed by atoms with Crippen LogP contribution in [0.1, 0.15) is 43.9 Å². The molecule has 1 aromatic carbocycles. The van der Waals surface area contributed by atoms with Crippen molar-refractivity contribution in [3.05, 3.63) is 34.9 Å². The average molecular weight is 200 g/mol. The molecule has 3 heteroatoms. The van der Waals surface area contributed by atoms with Gasteiger partial charge in [0.15, 0.2) is 0 Å². The number of hydrogen-bond acceptors (Lipinski definition) is 1. The molecule has 1 unspecified atom stereocenters. The summed E-state index contributed by atoms with van der Waals surface area (Å²) >= 11 is 0. The van der Waals surface area contributed by atoms with Crippen LogP contribution in [0.4, 0.5) is 8.78 Å². The van der Waals surface area contributed by atoms with Crippen LogP contribution in [0.5, 0.6) is 0 Å². The molecule has 1 nitrogen and oxygen atoms in total. The number of aliphatic hydroxyl groups excluding tert-OH is 1. The van der Waals surface area contributed by atoms with Crippen LogP contribution in [0, 0.1) is 11.6 Å². The zero-order valence-electron chi connectivity index (χ0n) is 8.51. The Morgan fingerprint density at radius 2 is 1.43 bits per heavy atom. The van der Waals surface area contributed by atoms with Gasteiger partial charge in [0.2, 0.25) is 0 Å². The first-order valence-corrected chi connectivity index (χ1v) is 4.60. The van der Waals surface area contributed by atoms with Gasteiger partial charge in [-0.3, -0.25) is 0 Å². The minimum Gasteiger partial charge on any atom is -0.389 e. The molecule has 0 radical (unpaired) electrons. The van der Waals surface area contributed by atoms with Gasteiger partial charge in [-0.25, -0.2) is 8.78 Å². The van der Waals surface area contributed by atoms with Crippen LogP contribution in [0.15, 0.2) is 12.1 Å². The Labute approximate surface area is 82.4 Å². The molecule has 0 saturated carbocycles. The third-order valence-corrected chi connectivity index (χ3v) is 2.19. The molecular formula is C11H14F2O. The van der Waals surface area contributed by atoms with Crippen LogP contribution in [0.25, 0.3) is 0 Å². The fourth-order valence-electron chi connectivity index (χ4n) is 1.34. The Morgan fingerprint density at radius 1 is 1.00 bits per heavy atom. The first-order valence-electron chi connectivity index (χ1n) is 4.60. The Bertz CT molecular complexity index is 299. The van der Waals surface area contributed by atoms with Crippen molar-refractivity contribution in [1.29, 1.82) is 0 Å². The monoisotopic (exact) mass is 200 g/mol. The lowest BCUT2D eigenvalue weighted by Crippen LogP contribution is -2.01. The second-order valence-electron chi connectivity index (χ2n) is 3.73. The lowest BCUT2D eigenvalue weighted by atomic mass is 9.99. The van der Waals surface area contributed by atoms with Gasteiger partial charge < -0.3 is 5.11 Å². The van der Waals surface area contributed by atoms with E-state index < -0.39 is 17.7 Å². The largest absolute Gasteiger partial charge is 0.389 e. The number of benzene rings is 1. The van der Waals surface area contributed by atoms with Gasteiger partial charge in [0.05, 0.1) is 6.10 Å². The molecule has 0 aliphatic heterocycles. The van der Waals surface area contributed by atoms with Gasteiger partial charge in [0.25, 0.3) is 0 Å². The van der Waals surface area contributed by atoms with Crippen molar-refractivity contribution in [1.82, 2.24) is 0 Å². The van der Waals surface area contributed by atoms with E-state index in [2.05, 4.69) is 0 Å². The fraction of sp³-hybridized carbons (Fsp3) is 0.455. The Kier molecular flexibility index (Phi) is 3.21. The van der Waals surface area contributed by atoms with E-state index in [1.807, 2.05) is 0 Å². The van der Waals surface area contributed by atoms with Gasteiger partial charge in [0, 0.05) is 5.56 Å². The summed E-state index contributed by atoms with van der Waals surface area (Å²) in [5, 5.41) is 9.15. The van der Waals surface area contributed by atoms with E-state index in [0.29, 0.717) is 5.56 Å². The third-order valence-electron chi connectivity index (χ3n) is 2.19. The minimum absolute atomic E-state index is 0.00639. The van der Waals surface area contributed by atoms with Crippen LogP contribution in [-0.4, -0.2) is 5.11 Å². The van der Waals surface area contributed by atoms with E-state index in [4.69, 9.17) is 5.11 Å². The molecule has 1 aromatic rings. The highest BCUT2D eigenvalue weighted by Crippen LogP contribution is 2.25. The van der Waals surface area contributed by atoms with Crippen molar-refractivity contribution in [2.75, 3.05) is 0 Å². The number of aliphatic hydroxyl groups is 1. The smallest absolute Gasteiger partial charge is 0.129 e. The summed E-state index contributed by atoms with van der Waals surface area (Å²) in [5.74, 6) is -1.07. The van der Waals surface area contributed by atoms with Gasteiger partial charge >= 0.3 is 0 Å². The van der Waals surface area contributed by atoms with E-state index in [9.17, 15) is 8.78 Å². The number of rotatable bonds is 2. The first-order chi connectivity index (χ1) is 6.43. The Balaban J connectivity index is 3.24. The zero-order chi connectivity index (χ0) is 10.9. The highest BCUT2D eigenvalue weighted by Gasteiger charge is 2.14. The van der Waals surface area contributed by atoms with Crippen LogP contribution < -0.4 is 0 Å². The van der Waals surface area contributed by atoms with E-state index in [1.165, 1.54) is 6.92 Å². The summed E-state index contributed by atoms with van der Waals surface area (Å²) < 4.78 is 26.7. The van der Waals surface area contributed by atoms with Crippen molar-refractivity contribution in [2.24, 2.45) is 0 Å². The second-order valence-corrected chi connectivity index (χ2v) is 3.73. The van der Waals surface area contributed by atoms with E-state index in [1.54, 1.807) is 13.8 Å². The van der Waals surface area contributed by atoms with Gasteiger partial charge in [-0.15, -0.1) is 0 Å². The topological polar surface area (TPSA) is 20.2 Å². The minimum atomic E-state index is -0.981. The van der Waals surface area contributed by atoms with Gasteiger partial charge in [-0.1, -0.05) is 13.8 Å². The maximum atomic E-state index is 13.4. The summed E-state index contributed by atoms with van der Waals surface area (Å²) in [6.07, 6.45) is -0.981. The number of hydrogen-bond donors (Lipinski definition) is 1. The fourth-order valence-corrected chi connectivity index (χ4v) is 1.34. The van der Waals surface area contributed by atoms with Crippen molar-refractivity contribution in [3.63, 3.8) is 0 Å². The van der Waals surface area contributed by atoms with Gasteiger partial charge in [-0.05, 0) is 30.5 Å². The molecule has 0 fully saturated rings. The summed E-state index contributed by atoms with van der Waals surface area (Å²) in [6.45, 7) is 4.99. The molecule has 0 heterocycles. The molecule has 1 rings (SSSR count). The molecular weight excluding hydrogens is 186 g/mol. The summed E-state index contributed by atoms with van der Waals surface area (Å²) in [4.78, 5) is 0. The Morgan fingerprint density at radius 3 is 1.86 bits per heavy atom. The lowest BCUT2D eigenvalue weighted by molar-refractivity contribution is 0.193. The van der Waals surface area contributed by atoms with Crippen molar-refractivity contribution in [2.45, 2.75) is 32.8 Å². The summed E-state index contributed by atoms with van der Waals surface area (Å²) in [6, 6.07) is 2.22. The highest BCUT2D eigenvalue weighted by molar-refractivity contribution is 5.29. The highest BCUT2D eigenvalue weighted by atomic mass is 19.1. The molecule has 0 aliphatic rings. The summed E-state index contributed by atoms with van der Waals surface area (Å²) in [7, 11) is 0. The summed E-state index contributed by atoms with van der Waals surface area (Å²) in [5.41, 5.74) is 0.346. The Hall–Kier alpha value is -0.960. The predicted octanol–water partition coefficient (Wildman–Crippen LogP) is 3.14. The molecule has 1 N–H and O–H groups in total. The molecule has 0 spiro atoms. The van der Waals surface area contributed by atoms with E-state index >= 15 is 0 Å². The van der Waals surface area contributed by atoms with Crippen LogP contribution in [0.3, 0.4) is 0 Å².